The molecule has 222 valence electrons. The maximum Gasteiger partial charge on any atom is 0.212 e. The van der Waals surface area contributed by atoms with Crippen LogP contribution in [0.5, 0.6) is 46.0 Å². The molecule has 8 nitrogen and oxygen atoms in total. The Morgan fingerprint density at radius 3 is 2.25 bits per heavy atom. The molecule has 2 atom stereocenters. The van der Waals surface area contributed by atoms with Crippen molar-refractivity contribution in [3.05, 3.63) is 94.0 Å². The standard InChI is InChI=1S/C36H33N3O5/c1-38-12-10-23-17-31-32-19-26(23)27(38)15-22-6-9-29(40-2)30(16-22)42-25-7-4-21(5-8-25)14-28-34-24(11-13-39(28)20-37)18-33(41-3)35(43-31)36(34)44-32/h4-9,16-19,27-28H,10-15H2,1-3H3/t27-,28-/m0/s1. The summed E-state index contributed by atoms with van der Waals surface area (Å²) in [5.74, 6) is 5.31. The Labute approximate surface area is 256 Å². The highest BCUT2D eigenvalue weighted by Gasteiger charge is 2.38. The second-order valence-electron chi connectivity index (χ2n) is 12.0. The van der Waals surface area contributed by atoms with E-state index in [1.807, 2.05) is 23.1 Å². The van der Waals surface area contributed by atoms with Crippen LogP contribution in [0.15, 0.2) is 60.7 Å². The molecule has 0 amide bonds. The molecule has 5 heterocycles. The lowest BCUT2D eigenvalue weighted by molar-refractivity contribution is 0.227. The summed E-state index contributed by atoms with van der Waals surface area (Å²) in [7, 11) is 5.50. The van der Waals surface area contributed by atoms with Crippen LogP contribution in [0.1, 0.15) is 45.5 Å². The van der Waals surface area contributed by atoms with Gasteiger partial charge < -0.3 is 28.6 Å². The molecule has 8 heteroatoms. The monoisotopic (exact) mass is 587 g/mol. The first kappa shape index (κ1) is 26.7. The Morgan fingerprint density at radius 2 is 1.45 bits per heavy atom. The van der Waals surface area contributed by atoms with Gasteiger partial charge in [0.2, 0.25) is 5.75 Å². The van der Waals surface area contributed by atoms with Gasteiger partial charge in [0.05, 0.1) is 20.3 Å². The zero-order chi connectivity index (χ0) is 29.9. The van der Waals surface area contributed by atoms with Crippen molar-refractivity contribution in [2.45, 2.75) is 37.8 Å². The summed E-state index contributed by atoms with van der Waals surface area (Å²) in [6.45, 7) is 1.55. The zero-order valence-electron chi connectivity index (χ0n) is 25.1. The molecule has 0 aliphatic carbocycles. The van der Waals surface area contributed by atoms with Gasteiger partial charge in [-0.05, 0) is 103 Å². The van der Waals surface area contributed by atoms with Crippen molar-refractivity contribution >= 4 is 0 Å². The summed E-state index contributed by atoms with van der Waals surface area (Å²) < 4.78 is 31.4. The number of benzene rings is 4. The molecule has 0 aromatic heterocycles. The first-order chi connectivity index (χ1) is 21.5. The van der Waals surface area contributed by atoms with Crippen molar-refractivity contribution in [2.24, 2.45) is 0 Å². The smallest absolute Gasteiger partial charge is 0.212 e. The molecule has 0 saturated carbocycles. The quantitative estimate of drug-likeness (QED) is 0.203. The minimum absolute atomic E-state index is 0.134. The topological polar surface area (TPSA) is 76.4 Å². The normalized spacial score (nSPS) is 19.5. The third-order valence-electron chi connectivity index (χ3n) is 9.50. The average Bonchev–Trinajstić information content (AvgIpc) is 3.04. The number of fused-ring (bicyclic) bond motifs is 2. The highest BCUT2D eigenvalue weighted by atomic mass is 16.6. The van der Waals surface area contributed by atoms with Gasteiger partial charge in [0, 0.05) is 24.7 Å². The number of methoxy groups -OCH3 is 2. The molecular weight excluding hydrogens is 554 g/mol. The zero-order valence-corrected chi connectivity index (χ0v) is 25.1. The van der Waals surface area contributed by atoms with Gasteiger partial charge in [-0.25, -0.2) is 0 Å². The van der Waals surface area contributed by atoms with Crippen LogP contribution in [0.2, 0.25) is 0 Å². The van der Waals surface area contributed by atoms with Crippen LogP contribution in [0.25, 0.3) is 0 Å². The highest BCUT2D eigenvalue weighted by Crippen LogP contribution is 2.56. The van der Waals surface area contributed by atoms with Crippen molar-refractivity contribution in [3.63, 3.8) is 0 Å². The van der Waals surface area contributed by atoms with Crippen molar-refractivity contribution in [2.75, 3.05) is 34.4 Å². The van der Waals surface area contributed by atoms with Crippen LogP contribution in [0.3, 0.4) is 0 Å². The van der Waals surface area contributed by atoms with Crippen LogP contribution < -0.4 is 23.7 Å². The Kier molecular flexibility index (Phi) is 6.31. The maximum atomic E-state index is 10.2. The van der Waals surface area contributed by atoms with Gasteiger partial charge in [0.1, 0.15) is 5.75 Å². The van der Waals surface area contributed by atoms with Crippen molar-refractivity contribution < 1.29 is 23.7 Å². The highest BCUT2D eigenvalue weighted by molar-refractivity contribution is 5.67. The number of hydrogen-bond acceptors (Lipinski definition) is 8. The molecule has 4 aromatic carbocycles. The Hall–Kier alpha value is -4.87. The summed E-state index contributed by atoms with van der Waals surface area (Å²) in [6.07, 6.45) is 5.48. The van der Waals surface area contributed by atoms with E-state index in [1.54, 1.807) is 14.2 Å². The maximum absolute atomic E-state index is 10.2. The number of rotatable bonds is 2. The fourth-order valence-corrected chi connectivity index (χ4v) is 7.16. The molecule has 0 spiro atoms. The van der Waals surface area contributed by atoms with Crippen molar-refractivity contribution in [1.82, 2.24) is 9.80 Å². The molecule has 5 aliphatic rings. The summed E-state index contributed by atoms with van der Waals surface area (Å²) in [6, 6.07) is 20.5. The van der Waals surface area contributed by atoms with Gasteiger partial charge in [-0.1, -0.05) is 18.2 Å². The van der Waals surface area contributed by atoms with Crippen LogP contribution in [-0.4, -0.2) is 44.2 Å². The van der Waals surface area contributed by atoms with Gasteiger partial charge in [0.25, 0.3) is 0 Å². The molecule has 9 rings (SSSR count). The second kappa shape index (κ2) is 10.4. The van der Waals surface area contributed by atoms with Gasteiger partial charge in [-0.2, -0.15) is 5.26 Å². The van der Waals surface area contributed by atoms with Gasteiger partial charge in [-0.3, -0.25) is 4.90 Å². The second-order valence-corrected chi connectivity index (χ2v) is 12.0. The minimum Gasteiger partial charge on any atom is -0.493 e. The summed E-state index contributed by atoms with van der Waals surface area (Å²) in [5, 5.41) is 10.2. The van der Waals surface area contributed by atoms with Crippen LogP contribution in [-0.2, 0) is 25.7 Å². The molecule has 0 N–H and O–H groups in total. The Bertz CT molecular complexity index is 1830. The van der Waals surface area contributed by atoms with Crippen LogP contribution >= 0.6 is 0 Å². The predicted octanol–water partition coefficient (Wildman–Crippen LogP) is 7.10. The van der Waals surface area contributed by atoms with Gasteiger partial charge in [0.15, 0.2) is 40.7 Å². The largest absolute Gasteiger partial charge is 0.493 e. The third kappa shape index (κ3) is 4.30. The fourth-order valence-electron chi connectivity index (χ4n) is 7.16. The molecule has 0 radical (unpaired) electrons. The van der Waals surface area contributed by atoms with E-state index in [-0.39, 0.29) is 12.1 Å². The number of nitriles is 1. The van der Waals surface area contributed by atoms with E-state index in [0.29, 0.717) is 59.6 Å². The lowest BCUT2D eigenvalue weighted by Gasteiger charge is -2.38. The Balaban J connectivity index is 1.34. The van der Waals surface area contributed by atoms with E-state index in [2.05, 4.69) is 60.6 Å². The molecule has 0 fully saturated rings. The summed E-state index contributed by atoms with van der Waals surface area (Å²) in [5.41, 5.74) is 6.81. The molecule has 5 aliphatic heterocycles. The first-order valence-corrected chi connectivity index (χ1v) is 15.1. The summed E-state index contributed by atoms with van der Waals surface area (Å²) >= 11 is 0. The molecular formula is C36H33N3O5. The van der Waals surface area contributed by atoms with Crippen molar-refractivity contribution in [1.29, 1.82) is 5.26 Å². The van der Waals surface area contributed by atoms with E-state index in [1.165, 1.54) is 11.1 Å². The average molecular weight is 588 g/mol. The van der Waals surface area contributed by atoms with E-state index in [9.17, 15) is 5.26 Å². The minimum atomic E-state index is -0.229. The SMILES string of the molecule is COc1ccc2cc1Oc1ccc(cc1)C[C@H]1c3c(cc(OC)c4c3Oc3cc5c(cc3O4)CCN(C)[C@H]5C2)CCN1C#N. The van der Waals surface area contributed by atoms with Crippen LogP contribution in [0.4, 0.5) is 0 Å². The number of ether oxygens (including phenoxy) is 5. The number of likely N-dealkylation sites (N-methyl/N-ethyl adjacent to an activating group) is 1. The lowest BCUT2D eigenvalue weighted by Crippen LogP contribution is -2.34. The molecule has 44 heavy (non-hydrogen) atoms. The van der Waals surface area contributed by atoms with E-state index < -0.39 is 0 Å². The predicted molar refractivity (Wildman–Crippen MR) is 164 cm³/mol. The van der Waals surface area contributed by atoms with E-state index >= 15 is 0 Å². The fraction of sp³-hybridized carbons (Fsp3) is 0.306. The first-order valence-electron chi connectivity index (χ1n) is 15.1. The summed E-state index contributed by atoms with van der Waals surface area (Å²) in [4.78, 5) is 4.25. The molecule has 7 bridgehead atoms. The molecule has 0 saturated heterocycles. The number of hydrogen-bond donors (Lipinski definition) is 0. The molecule has 4 aromatic rings. The third-order valence-corrected chi connectivity index (χ3v) is 9.50. The van der Waals surface area contributed by atoms with Gasteiger partial charge in [-0.15, -0.1) is 0 Å². The molecule has 0 unspecified atom stereocenters. The Morgan fingerprint density at radius 1 is 0.727 bits per heavy atom. The van der Waals surface area contributed by atoms with Crippen molar-refractivity contribution in [3.8, 4) is 52.2 Å². The van der Waals surface area contributed by atoms with Crippen LogP contribution in [0, 0.1) is 11.5 Å². The van der Waals surface area contributed by atoms with E-state index in [0.717, 1.165) is 47.4 Å². The van der Waals surface area contributed by atoms with E-state index in [4.69, 9.17) is 23.7 Å². The van der Waals surface area contributed by atoms with Gasteiger partial charge >= 0.3 is 0 Å². The number of nitrogens with zero attached hydrogens (tertiary/aromatic N) is 3. The lowest BCUT2D eigenvalue weighted by atomic mass is 9.86.